The van der Waals surface area contributed by atoms with Crippen molar-refractivity contribution in [3.05, 3.63) is 29.8 Å². The molecule has 1 amide bonds. The largest absolute Gasteiger partial charge is 0.399 e. The predicted molar refractivity (Wildman–Crippen MR) is 74.3 cm³/mol. The van der Waals surface area contributed by atoms with Crippen molar-refractivity contribution in [2.75, 3.05) is 12.3 Å². The summed E-state index contributed by atoms with van der Waals surface area (Å²) in [6, 6.07) is 8.09. The van der Waals surface area contributed by atoms with Crippen LogP contribution in [0.4, 0.5) is 5.69 Å². The fourth-order valence-corrected chi connectivity index (χ4v) is 2.34. The second kappa shape index (κ2) is 4.63. The molecule has 1 aromatic carbocycles. The Kier molecular flexibility index (Phi) is 3.33. The number of hydrogen-bond donors (Lipinski definition) is 1. The quantitative estimate of drug-likeness (QED) is 0.830. The molecule has 0 heterocycles. The van der Waals surface area contributed by atoms with E-state index in [0.717, 1.165) is 30.6 Å². The van der Waals surface area contributed by atoms with Gasteiger partial charge in [-0.2, -0.15) is 0 Å². The number of nitrogens with zero attached hydrogens (tertiary/aromatic N) is 1. The van der Waals surface area contributed by atoms with Gasteiger partial charge >= 0.3 is 0 Å². The van der Waals surface area contributed by atoms with Gasteiger partial charge in [0.1, 0.15) is 0 Å². The lowest BCUT2D eigenvalue weighted by molar-refractivity contribution is -0.136. The molecule has 0 unspecified atom stereocenters. The first-order valence-corrected chi connectivity index (χ1v) is 6.64. The molecule has 3 nitrogen and oxygen atoms in total. The van der Waals surface area contributed by atoms with E-state index in [4.69, 9.17) is 5.73 Å². The van der Waals surface area contributed by atoms with Crippen molar-refractivity contribution < 1.29 is 4.79 Å². The maximum absolute atomic E-state index is 12.7. The highest BCUT2D eigenvalue weighted by molar-refractivity contribution is 5.88. The topological polar surface area (TPSA) is 46.3 Å². The van der Waals surface area contributed by atoms with Crippen molar-refractivity contribution in [2.45, 2.75) is 45.1 Å². The van der Waals surface area contributed by atoms with Gasteiger partial charge < -0.3 is 10.6 Å². The SMILES string of the molecule is CCN(C(=O)C(C)(C)c1ccc(N)cc1)C1CC1. The second-order valence-corrected chi connectivity index (χ2v) is 5.57. The first kappa shape index (κ1) is 12.9. The molecule has 1 saturated carbocycles. The summed E-state index contributed by atoms with van der Waals surface area (Å²) in [5.74, 6) is 0.220. The van der Waals surface area contributed by atoms with Crippen LogP contribution in [0.5, 0.6) is 0 Å². The van der Waals surface area contributed by atoms with Crippen molar-refractivity contribution in [1.82, 2.24) is 4.90 Å². The lowest BCUT2D eigenvalue weighted by atomic mass is 9.83. The van der Waals surface area contributed by atoms with E-state index in [-0.39, 0.29) is 5.91 Å². The highest BCUT2D eigenvalue weighted by Gasteiger charge is 2.39. The monoisotopic (exact) mass is 246 g/mol. The number of anilines is 1. The van der Waals surface area contributed by atoms with Crippen LogP contribution in [0.15, 0.2) is 24.3 Å². The van der Waals surface area contributed by atoms with E-state index in [2.05, 4.69) is 6.92 Å². The van der Waals surface area contributed by atoms with Crippen LogP contribution in [0.1, 0.15) is 39.2 Å². The molecule has 1 aliphatic carbocycles. The van der Waals surface area contributed by atoms with Crippen LogP contribution in [0.25, 0.3) is 0 Å². The van der Waals surface area contributed by atoms with Gasteiger partial charge in [-0.15, -0.1) is 0 Å². The molecular formula is C15H22N2O. The highest BCUT2D eigenvalue weighted by Crippen LogP contribution is 2.33. The molecular weight excluding hydrogens is 224 g/mol. The fourth-order valence-electron chi connectivity index (χ4n) is 2.34. The summed E-state index contributed by atoms with van der Waals surface area (Å²) in [6.07, 6.45) is 2.30. The molecule has 0 aliphatic heterocycles. The number of rotatable bonds is 4. The standard InChI is InChI=1S/C15H22N2O/c1-4-17(13-9-10-13)14(18)15(2,3)11-5-7-12(16)8-6-11/h5-8,13H,4,9-10,16H2,1-3H3. The summed E-state index contributed by atoms with van der Waals surface area (Å²) in [5.41, 5.74) is 6.98. The lowest BCUT2D eigenvalue weighted by Crippen LogP contribution is -2.44. The van der Waals surface area contributed by atoms with Gasteiger partial charge in [0.15, 0.2) is 0 Å². The predicted octanol–water partition coefficient (Wildman–Crippen LogP) is 2.56. The third-order valence-electron chi connectivity index (χ3n) is 3.76. The third-order valence-corrected chi connectivity index (χ3v) is 3.76. The van der Waals surface area contributed by atoms with Gasteiger partial charge in [-0.25, -0.2) is 0 Å². The van der Waals surface area contributed by atoms with Gasteiger partial charge in [-0.1, -0.05) is 12.1 Å². The number of benzene rings is 1. The Morgan fingerprint density at radius 2 is 1.89 bits per heavy atom. The zero-order valence-corrected chi connectivity index (χ0v) is 11.4. The van der Waals surface area contributed by atoms with Crippen molar-refractivity contribution in [2.24, 2.45) is 0 Å². The Morgan fingerprint density at radius 1 is 1.33 bits per heavy atom. The smallest absolute Gasteiger partial charge is 0.232 e. The first-order chi connectivity index (χ1) is 8.46. The normalized spacial score (nSPS) is 15.5. The molecule has 0 atom stereocenters. The molecule has 0 aromatic heterocycles. The second-order valence-electron chi connectivity index (χ2n) is 5.57. The number of nitrogens with two attached hydrogens (primary N) is 1. The summed E-state index contributed by atoms with van der Waals surface area (Å²) < 4.78 is 0. The number of carbonyl (C=O) groups is 1. The molecule has 2 N–H and O–H groups in total. The van der Waals surface area contributed by atoms with Crippen molar-refractivity contribution in [1.29, 1.82) is 0 Å². The molecule has 98 valence electrons. The third kappa shape index (κ3) is 2.35. The zero-order valence-electron chi connectivity index (χ0n) is 11.4. The van der Waals surface area contributed by atoms with Crippen molar-refractivity contribution in [3.63, 3.8) is 0 Å². The summed E-state index contributed by atoms with van der Waals surface area (Å²) in [6.45, 7) is 6.83. The van der Waals surface area contributed by atoms with Gasteiger partial charge in [-0.3, -0.25) is 4.79 Å². The molecule has 0 bridgehead atoms. The fraction of sp³-hybridized carbons (Fsp3) is 0.533. The van der Waals surface area contributed by atoms with Gasteiger partial charge in [0, 0.05) is 18.3 Å². The van der Waals surface area contributed by atoms with E-state index in [0.29, 0.717) is 6.04 Å². The van der Waals surface area contributed by atoms with E-state index in [1.54, 1.807) is 0 Å². The highest BCUT2D eigenvalue weighted by atomic mass is 16.2. The number of nitrogen functional groups attached to an aromatic ring is 1. The molecule has 0 saturated heterocycles. The van der Waals surface area contributed by atoms with E-state index in [1.165, 1.54) is 0 Å². The van der Waals surface area contributed by atoms with Crippen LogP contribution >= 0.6 is 0 Å². The van der Waals surface area contributed by atoms with Gasteiger partial charge in [0.2, 0.25) is 5.91 Å². The first-order valence-electron chi connectivity index (χ1n) is 6.64. The van der Waals surface area contributed by atoms with E-state index in [1.807, 2.05) is 43.0 Å². The van der Waals surface area contributed by atoms with Gasteiger partial charge in [0.05, 0.1) is 5.41 Å². The van der Waals surface area contributed by atoms with Crippen LogP contribution in [-0.4, -0.2) is 23.4 Å². The molecule has 0 spiro atoms. The summed E-state index contributed by atoms with van der Waals surface area (Å²) >= 11 is 0. The van der Waals surface area contributed by atoms with Crippen molar-refractivity contribution >= 4 is 11.6 Å². The van der Waals surface area contributed by atoms with Crippen molar-refractivity contribution in [3.8, 4) is 0 Å². The van der Waals surface area contributed by atoms with Gasteiger partial charge in [0.25, 0.3) is 0 Å². The maximum Gasteiger partial charge on any atom is 0.232 e. The Bertz CT molecular complexity index is 432. The van der Waals surface area contributed by atoms with E-state index >= 15 is 0 Å². The molecule has 2 rings (SSSR count). The average molecular weight is 246 g/mol. The van der Waals surface area contributed by atoms with Gasteiger partial charge in [-0.05, 0) is 51.3 Å². The minimum atomic E-state index is -0.480. The van der Waals surface area contributed by atoms with Crippen LogP contribution in [0.3, 0.4) is 0 Å². The van der Waals surface area contributed by atoms with E-state index in [9.17, 15) is 4.79 Å². The Morgan fingerprint density at radius 3 is 2.33 bits per heavy atom. The Balaban J connectivity index is 2.23. The number of hydrogen-bond acceptors (Lipinski definition) is 2. The van der Waals surface area contributed by atoms with E-state index < -0.39 is 5.41 Å². The summed E-state index contributed by atoms with van der Waals surface area (Å²) in [5, 5.41) is 0. The number of amides is 1. The average Bonchev–Trinajstić information content (AvgIpc) is 3.15. The zero-order chi connectivity index (χ0) is 13.3. The molecule has 1 aliphatic rings. The Labute approximate surface area is 109 Å². The number of likely N-dealkylation sites (N-methyl/N-ethyl adjacent to an activating group) is 1. The number of carbonyl (C=O) groups excluding carboxylic acids is 1. The molecule has 18 heavy (non-hydrogen) atoms. The lowest BCUT2D eigenvalue weighted by Gasteiger charge is -2.32. The maximum atomic E-state index is 12.7. The molecule has 3 heteroatoms. The minimum absolute atomic E-state index is 0.220. The molecule has 0 radical (unpaired) electrons. The van der Waals surface area contributed by atoms with Crippen LogP contribution in [-0.2, 0) is 10.2 Å². The molecule has 1 aromatic rings. The Hall–Kier alpha value is -1.51. The summed E-state index contributed by atoms with van der Waals surface area (Å²) in [4.78, 5) is 14.7. The van der Waals surface area contributed by atoms with Crippen LogP contribution in [0.2, 0.25) is 0 Å². The van der Waals surface area contributed by atoms with Crippen LogP contribution in [0, 0.1) is 0 Å². The van der Waals surface area contributed by atoms with Crippen LogP contribution < -0.4 is 5.73 Å². The molecule has 1 fully saturated rings. The summed E-state index contributed by atoms with van der Waals surface area (Å²) in [7, 11) is 0. The minimum Gasteiger partial charge on any atom is -0.399 e.